The molecule has 0 spiro atoms. The topological polar surface area (TPSA) is 97.5 Å². The Bertz CT molecular complexity index is 868. The third kappa shape index (κ3) is 3.07. The lowest BCUT2D eigenvalue weighted by Gasteiger charge is -2.40. The van der Waals surface area contributed by atoms with E-state index in [2.05, 4.69) is 52.6 Å². The van der Waals surface area contributed by atoms with Crippen LogP contribution in [0.5, 0.6) is 0 Å². The maximum Gasteiger partial charge on any atom is 0.175 e. The van der Waals surface area contributed by atoms with E-state index in [-0.39, 0.29) is 0 Å². The normalized spacial score (nSPS) is 17.2. The lowest BCUT2D eigenvalue weighted by Crippen LogP contribution is -2.50. The zero-order valence-corrected chi connectivity index (χ0v) is 14.2. The molecule has 0 amide bonds. The van der Waals surface area contributed by atoms with Gasteiger partial charge in [0.25, 0.3) is 0 Å². The molecular formula is C17H19N9. The van der Waals surface area contributed by atoms with Gasteiger partial charge in [-0.15, -0.1) is 5.10 Å². The van der Waals surface area contributed by atoms with E-state index in [4.69, 9.17) is 0 Å². The van der Waals surface area contributed by atoms with Crippen LogP contribution in [0.1, 0.15) is 24.5 Å². The molecule has 0 atom stereocenters. The van der Waals surface area contributed by atoms with Gasteiger partial charge in [-0.1, -0.05) is 0 Å². The summed E-state index contributed by atoms with van der Waals surface area (Å²) in [4.78, 5) is 14.9. The molecule has 1 saturated carbocycles. The van der Waals surface area contributed by atoms with Gasteiger partial charge in [-0.25, -0.2) is 14.6 Å². The van der Waals surface area contributed by atoms with Gasteiger partial charge in [-0.05, 0) is 25.0 Å². The molecule has 1 N–H and O–H groups in total. The maximum atomic E-state index is 4.51. The first-order valence-electron chi connectivity index (χ1n) is 8.84. The first kappa shape index (κ1) is 15.2. The van der Waals surface area contributed by atoms with Crippen molar-refractivity contribution in [2.75, 3.05) is 29.9 Å². The van der Waals surface area contributed by atoms with Crippen LogP contribution in [0, 0.1) is 5.92 Å². The van der Waals surface area contributed by atoms with Crippen molar-refractivity contribution in [1.29, 1.82) is 0 Å². The summed E-state index contributed by atoms with van der Waals surface area (Å²) in [5.41, 5.74) is 1.14. The Balaban J connectivity index is 1.14. The lowest BCUT2D eigenvalue weighted by molar-refractivity contribution is 0.425. The van der Waals surface area contributed by atoms with E-state index in [1.807, 2.05) is 0 Å². The number of anilines is 2. The van der Waals surface area contributed by atoms with Gasteiger partial charge in [-0.2, -0.15) is 10.2 Å². The average molecular weight is 349 g/mol. The number of hydrogen-bond donors (Lipinski definition) is 1. The van der Waals surface area contributed by atoms with Crippen molar-refractivity contribution in [3.8, 4) is 5.82 Å². The molecule has 26 heavy (non-hydrogen) atoms. The van der Waals surface area contributed by atoms with Crippen LogP contribution in [0.2, 0.25) is 0 Å². The zero-order chi connectivity index (χ0) is 17.3. The van der Waals surface area contributed by atoms with Crippen molar-refractivity contribution in [3.63, 3.8) is 0 Å². The first-order valence-corrected chi connectivity index (χ1v) is 8.84. The van der Waals surface area contributed by atoms with Crippen molar-refractivity contribution in [1.82, 2.24) is 34.9 Å². The average Bonchev–Trinajstić information content (AvgIpc) is 3.35. The smallest absolute Gasteiger partial charge is 0.175 e. The molecule has 0 aromatic carbocycles. The molecule has 3 aromatic heterocycles. The summed E-state index contributed by atoms with van der Waals surface area (Å²) in [7, 11) is 0. The van der Waals surface area contributed by atoms with E-state index in [0.29, 0.717) is 17.7 Å². The minimum atomic E-state index is 0.553. The molecule has 4 heterocycles. The lowest BCUT2D eigenvalue weighted by atomic mass is 10.0. The minimum absolute atomic E-state index is 0.553. The standard InChI is InChI=1S/C17H19N9/c1-2-13(1)14-3-4-16(24-23-14)25-8-12(9-25)5-20-15-6-18-7-17(22-15)26-11-19-10-21-26/h3-4,6-7,10-13H,1-2,5,8-9H2,(H,20,22). The van der Waals surface area contributed by atoms with Crippen LogP contribution >= 0.6 is 0 Å². The molecule has 0 radical (unpaired) electrons. The molecule has 2 aliphatic rings. The Hall–Kier alpha value is -3.10. The Morgan fingerprint density at radius 1 is 1.04 bits per heavy atom. The fourth-order valence-electron chi connectivity index (χ4n) is 3.11. The third-order valence-corrected chi connectivity index (χ3v) is 4.80. The second-order valence-electron chi connectivity index (χ2n) is 6.85. The number of nitrogens with one attached hydrogen (secondary N) is 1. The number of hydrogen-bond acceptors (Lipinski definition) is 8. The van der Waals surface area contributed by atoms with Crippen LogP contribution in [0.15, 0.2) is 37.2 Å². The molecular weight excluding hydrogens is 330 g/mol. The summed E-state index contributed by atoms with van der Waals surface area (Å²) >= 11 is 0. The predicted octanol–water partition coefficient (Wildman–Crippen LogP) is 1.27. The summed E-state index contributed by atoms with van der Waals surface area (Å²) in [5, 5.41) is 16.2. The van der Waals surface area contributed by atoms with E-state index in [0.717, 1.165) is 37.0 Å². The monoisotopic (exact) mass is 349 g/mol. The molecule has 1 aliphatic heterocycles. The second-order valence-corrected chi connectivity index (χ2v) is 6.85. The highest BCUT2D eigenvalue weighted by Gasteiger charge is 2.29. The highest BCUT2D eigenvalue weighted by Crippen LogP contribution is 2.38. The quantitative estimate of drug-likeness (QED) is 0.710. The fourth-order valence-corrected chi connectivity index (χ4v) is 3.11. The molecule has 0 bridgehead atoms. The molecule has 1 aliphatic carbocycles. The molecule has 3 aromatic rings. The minimum Gasteiger partial charge on any atom is -0.368 e. The molecule has 9 heteroatoms. The van der Waals surface area contributed by atoms with Gasteiger partial charge in [0.15, 0.2) is 11.6 Å². The fraction of sp³-hybridized carbons (Fsp3) is 0.412. The van der Waals surface area contributed by atoms with Crippen LogP contribution in [-0.2, 0) is 0 Å². The second kappa shape index (κ2) is 6.32. The highest BCUT2D eigenvalue weighted by molar-refractivity contribution is 5.42. The van der Waals surface area contributed by atoms with Crippen molar-refractivity contribution >= 4 is 11.6 Å². The number of nitrogens with zero attached hydrogens (tertiary/aromatic N) is 8. The van der Waals surface area contributed by atoms with E-state index >= 15 is 0 Å². The number of aromatic nitrogens is 7. The summed E-state index contributed by atoms with van der Waals surface area (Å²) in [6.07, 6.45) is 8.98. The summed E-state index contributed by atoms with van der Waals surface area (Å²) < 4.78 is 1.59. The molecule has 5 rings (SSSR count). The van der Waals surface area contributed by atoms with Gasteiger partial charge < -0.3 is 10.2 Å². The molecule has 9 nitrogen and oxygen atoms in total. The van der Waals surface area contributed by atoms with Gasteiger partial charge in [0.2, 0.25) is 0 Å². The van der Waals surface area contributed by atoms with Crippen molar-refractivity contribution in [3.05, 3.63) is 42.9 Å². The van der Waals surface area contributed by atoms with Crippen molar-refractivity contribution in [2.24, 2.45) is 5.92 Å². The molecule has 132 valence electrons. The SMILES string of the molecule is c1ncn(-c2cncc(NCC3CN(c4ccc(C5CC5)nn4)C3)n2)n1. The van der Waals surface area contributed by atoms with Gasteiger partial charge >= 0.3 is 0 Å². The van der Waals surface area contributed by atoms with Gasteiger partial charge in [0.05, 0.1) is 18.1 Å². The summed E-state index contributed by atoms with van der Waals surface area (Å²) in [6, 6.07) is 4.22. The van der Waals surface area contributed by atoms with Crippen molar-refractivity contribution in [2.45, 2.75) is 18.8 Å². The van der Waals surface area contributed by atoms with Crippen LogP contribution in [-0.4, -0.2) is 54.6 Å². The summed E-state index contributed by atoms with van der Waals surface area (Å²) in [5.74, 6) is 3.56. The van der Waals surface area contributed by atoms with Crippen LogP contribution in [0.3, 0.4) is 0 Å². The zero-order valence-electron chi connectivity index (χ0n) is 14.2. The van der Waals surface area contributed by atoms with Crippen LogP contribution in [0.25, 0.3) is 5.82 Å². The predicted molar refractivity (Wildman–Crippen MR) is 95.1 cm³/mol. The highest BCUT2D eigenvalue weighted by atomic mass is 15.3. The van der Waals surface area contributed by atoms with Crippen LogP contribution < -0.4 is 10.2 Å². The Morgan fingerprint density at radius 2 is 1.96 bits per heavy atom. The van der Waals surface area contributed by atoms with E-state index in [1.54, 1.807) is 23.4 Å². The van der Waals surface area contributed by atoms with Crippen molar-refractivity contribution < 1.29 is 0 Å². The van der Waals surface area contributed by atoms with Gasteiger partial charge in [0.1, 0.15) is 18.5 Å². The van der Waals surface area contributed by atoms with Gasteiger partial charge in [0, 0.05) is 31.5 Å². The van der Waals surface area contributed by atoms with Crippen LogP contribution in [0.4, 0.5) is 11.6 Å². The van der Waals surface area contributed by atoms with E-state index in [9.17, 15) is 0 Å². The molecule has 1 saturated heterocycles. The van der Waals surface area contributed by atoms with Gasteiger partial charge in [-0.3, -0.25) is 4.98 Å². The Kier molecular flexibility index (Phi) is 3.69. The maximum absolute atomic E-state index is 4.51. The largest absolute Gasteiger partial charge is 0.368 e. The Morgan fingerprint density at radius 3 is 2.69 bits per heavy atom. The molecule has 2 fully saturated rings. The summed E-state index contributed by atoms with van der Waals surface area (Å²) in [6.45, 7) is 2.79. The first-order chi connectivity index (χ1) is 12.8. The van der Waals surface area contributed by atoms with E-state index < -0.39 is 0 Å². The third-order valence-electron chi connectivity index (χ3n) is 4.80. The van der Waals surface area contributed by atoms with E-state index in [1.165, 1.54) is 19.2 Å². The number of rotatable bonds is 6. The molecule has 0 unspecified atom stereocenters. The Labute approximate surface area is 150 Å².